The number of methoxy groups -OCH3 is 1. The molecule has 0 fully saturated rings. The number of nitrogens with one attached hydrogen (secondary N) is 3. The maximum atomic E-state index is 13.3. The topological polar surface area (TPSA) is 96.8 Å². The smallest absolute Gasteiger partial charge is 0.319 e. The zero-order valence-electron chi connectivity index (χ0n) is 18.1. The molecule has 33 heavy (non-hydrogen) atoms. The number of hydrogen-bond donors (Lipinski definition) is 3. The first-order chi connectivity index (χ1) is 15.9. The Kier molecular flexibility index (Phi) is 6.21. The summed E-state index contributed by atoms with van der Waals surface area (Å²) in [5, 5.41) is 8.20. The number of hydrogen-bond acceptors (Lipinski definition) is 4. The van der Waals surface area contributed by atoms with E-state index in [0.717, 1.165) is 11.1 Å². The zero-order chi connectivity index (χ0) is 23.4. The fourth-order valence-corrected chi connectivity index (χ4v) is 3.28. The molecule has 0 aliphatic heterocycles. The predicted octanol–water partition coefficient (Wildman–Crippen LogP) is 4.36. The van der Waals surface area contributed by atoms with Gasteiger partial charge in [0.2, 0.25) is 0 Å². The monoisotopic (exact) mass is 447 g/mol. The summed E-state index contributed by atoms with van der Waals surface area (Å²) in [5.41, 5.74) is 3.60. The van der Waals surface area contributed by atoms with Crippen molar-refractivity contribution < 1.29 is 18.7 Å². The maximum Gasteiger partial charge on any atom is 0.319 e. The molecule has 168 valence electrons. The average molecular weight is 447 g/mol. The molecule has 0 unspecified atom stereocenters. The lowest BCUT2D eigenvalue weighted by molar-refractivity contribution is 0.102. The van der Waals surface area contributed by atoms with Crippen molar-refractivity contribution >= 4 is 29.0 Å². The Bertz CT molecular complexity index is 1330. The van der Waals surface area contributed by atoms with Gasteiger partial charge in [0.25, 0.3) is 5.91 Å². The molecule has 0 bridgehead atoms. The van der Waals surface area contributed by atoms with E-state index in [0.29, 0.717) is 28.5 Å². The van der Waals surface area contributed by atoms with Gasteiger partial charge in [0.1, 0.15) is 22.9 Å². The molecule has 0 saturated carbocycles. The van der Waals surface area contributed by atoms with Gasteiger partial charge in [0.15, 0.2) is 0 Å². The molecule has 0 spiro atoms. The molecule has 0 aliphatic carbocycles. The molecule has 2 heterocycles. The van der Waals surface area contributed by atoms with Gasteiger partial charge in [-0.15, -0.1) is 0 Å². The standard InChI is InChI=1S/C24H22FN5O3/c1-15-6-7-16(13-27-24(32)28-18-5-3-4-17(25)11-18)10-20(15)29-23(31)21-14-26-22-12-19(33-2)8-9-30(21)22/h3-12,14H,13H2,1-2H3,(H,29,31)(H2,27,28,32). The van der Waals surface area contributed by atoms with Crippen molar-refractivity contribution in [2.24, 2.45) is 0 Å². The number of rotatable bonds is 6. The van der Waals surface area contributed by atoms with Crippen LogP contribution < -0.4 is 20.7 Å². The Morgan fingerprint density at radius 1 is 1.09 bits per heavy atom. The van der Waals surface area contributed by atoms with Crippen molar-refractivity contribution in [1.82, 2.24) is 14.7 Å². The van der Waals surface area contributed by atoms with Crippen molar-refractivity contribution in [3.05, 3.63) is 89.6 Å². The fourth-order valence-electron chi connectivity index (χ4n) is 3.28. The molecule has 2 aromatic carbocycles. The van der Waals surface area contributed by atoms with Crippen LogP contribution in [-0.2, 0) is 6.54 Å². The minimum Gasteiger partial charge on any atom is -0.497 e. The molecule has 3 amide bonds. The van der Waals surface area contributed by atoms with E-state index in [1.165, 1.54) is 24.4 Å². The molecule has 9 heteroatoms. The lowest BCUT2D eigenvalue weighted by Gasteiger charge is -2.12. The van der Waals surface area contributed by atoms with Crippen LogP contribution in [0.15, 0.2) is 67.0 Å². The van der Waals surface area contributed by atoms with Crippen LogP contribution in [0.5, 0.6) is 5.75 Å². The van der Waals surface area contributed by atoms with Gasteiger partial charge in [-0.3, -0.25) is 9.20 Å². The Hall–Kier alpha value is -4.40. The second-order valence-corrected chi connectivity index (χ2v) is 7.36. The number of carbonyl (C=O) groups is 2. The summed E-state index contributed by atoms with van der Waals surface area (Å²) in [6.07, 6.45) is 3.22. The van der Waals surface area contributed by atoms with Crippen molar-refractivity contribution in [1.29, 1.82) is 0 Å². The number of aryl methyl sites for hydroxylation is 1. The number of imidazole rings is 1. The number of pyridine rings is 1. The van der Waals surface area contributed by atoms with Gasteiger partial charge in [0.05, 0.1) is 13.3 Å². The van der Waals surface area contributed by atoms with Crippen LogP contribution in [0.1, 0.15) is 21.6 Å². The first kappa shape index (κ1) is 21.8. The van der Waals surface area contributed by atoms with E-state index >= 15 is 0 Å². The highest BCUT2D eigenvalue weighted by Crippen LogP contribution is 2.20. The van der Waals surface area contributed by atoms with E-state index in [9.17, 15) is 14.0 Å². The first-order valence-electron chi connectivity index (χ1n) is 10.2. The number of ether oxygens (including phenoxy) is 1. The normalized spacial score (nSPS) is 10.6. The molecular weight excluding hydrogens is 425 g/mol. The Morgan fingerprint density at radius 2 is 1.94 bits per heavy atom. The van der Waals surface area contributed by atoms with Gasteiger partial charge < -0.3 is 20.7 Å². The fraction of sp³-hybridized carbons (Fsp3) is 0.125. The molecule has 0 atom stereocenters. The van der Waals surface area contributed by atoms with Gasteiger partial charge in [-0.1, -0.05) is 18.2 Å². The number of fused-ring (bicyclic) bond motifs is 1. The largest absolute Gasteiger partial charge is 0.497 e. The Balaban J connectivity index is 1.43. The Morgan fingerprint density at radius 3 is 2.73 bits per heavy atom. The minimum absolute atomic E-state index is 0.222. The van der Waals surface area contributed by atoms with E-state index in [-0.39, 0.29) is 12.5 Å². The Labute approximate surface area is 189 Å². The number of aromatic nitrogens is 2. The second kappa shape index (κ2) is 9.39. The summed E-state index contributed by atoms with van der Waals surface area (Å²) in [5.74, 6) is -0.0981. The second-order valence-electron chi connectivity index (χ2n) is 7.36. The van der Waals surface area contributed by atoms with Crippen LogP contribution in [0.4, 0.5) is 20.6 Å². The molecule has 0 saturated heterocycles. The van der Waals surface area contributed by atoms with Crippen LogP contribution in [0, 0.1) is 12.7 Å². The van der Waals surface area contributed by atoms with Crippen molar-refractivity contribution in [2.45, 2.75) is 13.5 Å². The minimum atomic E-state index is -0.465. The quantitative estimate of drug-likeness (QED) is 0.409. The molecule has 3 N–H and O–H groups in total. The molecule has 4 rings (SSSR count). The number of benzene rings is 2. The summed E-state index contributed by atoms with van der Waals surface area (Å²) in [6, 6.07) is 14.2. The number of nitrogens with zero attached hydrogens (tertiary/aromatic N) is 2. The van der Waals surface area contributed by atoms with Crippen LogP contribution >= 0.6 is 0 Å². The number of amides is 3. The maximum absolute atomic E-state index is 13.3. The summed E-state index contributed by atoms with van der Waals surface area (Å²) >= 11 is 0. The molecular formula is C24H22FN5O3. The molecule has 8 nitrogen and oxygen atoms in total. The van der Waals surface area contributed by atoms with Gasteiger partial charge in [-0.05, 0) is 48.4 Å². The molecule has 0 radical (unpaired) electrons. The van der Waals surface area contributed by atoms with Crippen LogP contribution in [0.2, 0.25) is 0 Å². The van der Waals surface area contributed by atoms with Crippen molar-refractivity contribution in [3.63, 3.8) is 0 Å². The van der Waals surface area contributed by atoms with Crippen molar-refractivity contribution in [3.8, 4) is 5.75 Å². The molecule has 4 aromatic rings. The summed E-state index contributed by atoms with van der Waals surface area (Å²) < 4.78 is 20.1. The average Bonchev–Trinajstić information content (AvgIpc) is 3.23. The van der Waals surface area contributed by atoms with Crippen LogP contribution in [0.25, 0.3) is 5.65 Å². The third-order valence-corrected chi connectivity index (χ3v) is 5.04. The van der Waals surface area contributed by atoms with Gasteiger partial charge in [-0.25, -0.2) is 14.2 Å². The molecule has 2 aromatic heterocycles. The third-order valence-electron chi connectivity index (χ3n) is 5.04. The first-order valence-corrected chi connectivity index (χ1v) is 10.2. The van der Waals surface area contributed by atoms with E-state index < -0.39 is 11.8 Å². The molecule has 0 aliphatic rings. The highest BCUT2D eigenvalue weighted by atomic mass is 19.1. The summed E-state index contributed by atoms with van der Waals surface area (Å²) in [7, 11) is 1.57. The van der Waals surface area contributed by atoms with Gasteiger partial charge in [-0.2, -0.15) is 0 Å². The van der Waals surface area contributed by atoms with E-state index in [4.69, 9.17) is 4.74 Å². The highest BCUT2D eigenvalue weighted by Gasteiger charge is 2.14. The van der Waals surface area contributed by atoms with E-state index in [2.05, 4.69) is 20.9 Å². The predicted molar refractivity (Wildman–Crippen MR) is 123 cm³/mol. The van der Waals surface area contributed by atoms with Crippen molar-refractivity contribution in [2.75, 3.05) is 17.7 Å². The summed E-state index contributed by atoms with van der Waals surface area (Å²) in [6.45, 7) is 2.10. The third kappa shape index (κ3) is 5.09. The number of urea groups is 1. The van der Waals surface area contributed by atoms with E-state index in [1.54, 1.807) is 42.0 Å². The van der Waals surface area contributed by atoms with E-state index in [1.807, 2.05) is 19.1 Å². The highest BCUT2D eigenvalue weighted by molar-refractivity contribution is 6.04. The number of anilines is 2. The van der Waals surface area contributed by atoms with Gasteiger partial charge in [0, 0.05) is 30.2 Å². The summed E-state index contributed by atoms with van der Waals surface area (Å²) in [4.78, 5) is 29.3. The number of carbonyl (C=O) groups excluding carboxylic acids is 2. The van der Waals surface area contributed by atoms with Crippen LogP contribution in [0.3, 0.4) is 0 Å². The SMILES string of the molecule is COc1ccn2c(C(=O)Nc3cc(CNC(=O)Nc4cccc(F)c4)ccc3C)cnc2c1. The van der Waals surface area contributed by atoms with Crippen LogP contribution in [-0.4, -0.2) is 28.4 Å². The lowest BCUT2D eigenvalue weighted by Crippen LogP contribution is -2.28. The lowest BCUT2D eigenvalue weighted by atomic mass is 10.1. The zero-order valence-corrected chi connectivity index (χ0v) is 18.1. The number of halogens is 1. The van der Waals surface area contributed by atoms with Gasteiger partial charge >= 0.3 is 6.03 Å².